The molecule has 0 aromatic heterocycles. The molecule has 6 nitrogen and oxygen atoms in total. The van der Waals surface area contributed by atoms with Crippen molar-refractivity contribution in [2.75, 3.05) is 5.32 Å². The summed E-state index contributed by atoms with van der Waals surface area (Å²) in [5.41, 5.74) is 2.82. The number of hydrogen-bond acceptors (Lipinski definition) is 5. The van der Waals surface area contributed by atoms with Crippen molar-refractivity contribution in [2.24, 2.45) is 5.92 Å². The van der Waals surface area contributed by atoms with Crippen molar-refractivity contribution in [2.45, 2.75) is 33.9 Å². The van der Waals surface area contributed by atoms with E-state index in [1.807, 2.05) is 30.3 Å². The van der Waals surface area contributed by atoms with Crippen LogP contribution in [0.25, 0.3) is 0 Å². The molecule has 1 heterocycles. The molecule has 1 aliphatic heterocycles. The largest absolute Gasteiger partial charge is 0.478 e. The molecule has 2 aliphatic rings. The maximum Gasteiger partial charge on any atom is 0.337 e. The number of hydrogen-bond donors (Lipinski definition) is 2. The van der Waals surface area contributed by atoms with E-state index in [0.717, 1.165) is 22.0 Å². The fourth-order valence-corrected chi connectivity index (χ4v) is 7.58. The van der Waals surface area contributed by atoms with Crippen molar-refractivity contribution in [3.63, 3.8) is 0 Å². The van der Waals surface area contributed by atoms with Crippen molar-refractivity contribution in [3.8, 4) is 0 Å². The van der Waals surface area contributed by atoms with Crippen LogP contribution in [0.4, 0.5) is 11.4 Å². The Bertz CT molecular complexity index is 1290. The summed E-state index contributed by atoms with van der Waals surface area (Å²) in [6, 6.07) is 19.8. The summed E-state index contributed by atoms with van der Waals surface area (Å²) in [5, 5.41) is 24.5. The number of carboxylic acids is 1. The molecule has 0 spiro atoms. The predicted octanol–water partition coefficient (Wildman–Crippen LogP) is 7.09. The molecule has 174 valence electrons. The molecule has 3 aromatic rings. The van der Waals surface area contributed by atoms with Crippen molar-refractivity contribution in [1.29, 1.82) is 0 Å². The van der Waals surface area contributed by atoms with E-state index >= 15 is 0 Å². The number of rotatable bonds is 5. The lowest BCUT2D eigenvalue weighted by atomic mass is 9.76. The first-order valence-corrected chi connectivity index (χ1v) is 12.9. The summed E-state index contributed by atoms with van der Waals surface area (Å²) < 4.78 is 0.937. The van der Waals surface area contributed by atoms with Gasteiger partial charge in [-0.15, -0.1) is 23.4 Å². The number of anilines is 1. The molecule has 1 aliphatic carbocycles. The molecule has 5 rings (SSSR count). The number of carbonyl (C=O) groups is 1. The van der Waals surface area contributed by atoms with Crippen LogP contribution in [0.2, 0.25) is 0 Å². The Balaban J connectivity index is 1.58. The van der Waals surface area contributed by atoms with Crippen molar-refractivity contribution >= 4 is 56.6 Å². The van der Waals surface area contributed by atoms with E-state index in [1.165, 1.54) is 17.8 Å². The van der Waals surface area contributed by atoms with Gasteiger partial charge < -0.3 is 10.4 Å². The lowest BCUT2D eigenvalue weighted by Crippen LogP contribution is -2.32. The number of carboxylic acid groups (broad SMARTS) is 1. The summed E-state index contributed by atoms with van der Waals surface area (Å²) in [7, 11) is 0. The predicted molar refractivity (Wildman–Crippen MR) is 137 cm³/mol. The molecule has 0 saturated heterocycles. The van der Waals surface area contributed by atoms with E-state index in [1.54, 1.807) is 30.3 Å². The number of thioether (sulfide) groups is 1. The number of fused-ring (bicyclic) bond motifs is 3. The average molecular weight is 560 g/mol. The van der Waals surface area contributed by atoms with Gasteiger partial charge in [0.2, 0.25) is 0 Å². The smallest absolute Gasteiger partial charge is 0.337 e. The molecule has 0 radical (unpaired) electrons. The molecule has 3 aromatic carbocycles. The van der Waals surface area contributed by atoms with Gasteiger partial charge in [0.25, 0.3) is 5.69 Å². The van der Waals surface area contributed by atoms with Gasteiger partial charge in [0.1, 0.15) is 0 Å². The second-order valence-electron chi connectivity index (χ2n) is 8.50. The number of halogens is 2. The van der Waals surface area contributed by atoms with Gasteiger partial charge in [-0.2, -0.15) is 0 Å². The van der Waals surface area contributed by atoms with Gasteiger partial charge in [0.15, 0.2) is 0 Å². The number of nitrogens with one attached hydrogen (secondary N) is 1. The second kappa shape index (κ2) is 9.24. The molecule has 1 saturated carbocycles. The van der Waals surface area contributed by atoms with Gasteiger partial charge in [0.05, 0.1) is 32.5 Å². The minimum Gasteiger partial charge on any atom is -0.478 e. The van der Waals surface area contributed by atoms with Gasteiger partial charge >= 0.3 is 5.97 Å². The minimum atomic E-state index is -0.995. The summed E-state index contributed by atoms with van der Waals surface area (Å²) in [6.45, 7) is 0. The highest BCUT2D eigenvalue weighted by Gasteiger charge is 2.51. The highest BCUT2D eigenvalue weighted by atomic mass is 79.9. The number of benzene rings is 3. The number of alkyl halides is 1. The quantitative estimate of drug-likeness (QED) is 0.197. The van der Waals surface area contributed by atoms with E-state index in [9.17, 15) is 20.0 Å². The topological polar surface area (TPSA) is 92.5 Å². The molecular weight excluding hydrogens is 540 g/mol. The van der Waals surface area contributed by atoms with Crippen LogP contribution in [-0.2, 0) is 0 Å². The molecule has 9 heteroatoms. The lowest BCUT2D eigenvalue weighted by molar-refractivity contribution is -0.387. The van der Waals surface area contributed by atoms with E-state index < -0.39 is 5.97 Å². The highest BCUT2D eigenvalue weighted by Crippen LogP contribution is 2.58. The first-order valence-electron chi connectivity index (χ1n) is 10.8. The van der Waals surface area contributed by atoms with Crippen LogP contribution in [0.15, 0.2) is 76.1 Å². The third-order valence-corrected chi connectivity index (χ3v) is 9.23. The van der Waals surface area contributed by atoms with Crippen LogP contribution in [0.3, 0.4) is 0 Å². The first-order chi connectivity index (χ1) is 16.3. The zero-order valence-electron chi connectivity index (χ0n) is 17.7. The Kier molecular flexibility index (Phi) is 6.31. The Hall–Kier alpha value is -2.55. The normalized spacial score (nSPS) is 25.2. The summed E-state index contributed by atoms with van der Waals surface area (Å²) in [4.78, 5) is 23.8. The molecule has 0 unspecified atom stereocenters. The van der Waals surface area contributed by atoms with Crippen LogP contribution >= 0.6 is 39.3 Å². The maximum atomic E-state index is 12.0. The summed E-state index contributed by atoms with van der Waals surface area (Å²) in [6.07, 6.45) is 0.733. The average Bonchev–Trinajstić information content (AvgIpc) is 3.14. The Morgan fingerprint density at radius 1 is 1.15 bits per heavy atom. The first kappa shape index (κ1) is 23.2. The van der Waals surface area contributed by atoms with E-state index in [-0.39, 0.29) is 44.7 Å². The summed E-state index contributed by atoms with van der Waals surface area (Å²) >= 11 is 12.1. The number of para-hydroxylation sites is 2. The van der Waals surface area contributed by atoms with Gasteiger partial charge in [-0.25, -0.2) is 4.79 Å². The van der Waals surface area contributed by atoms with Gasteiger partial charge in [-0.05, 0) is 47.7 Å². The molecule has 0 amide bonds. The number of nitro benzene ring substituents is 1. The monoisotopic (exact) mass is 558 g/mol. The fourth-order valence-electron chi connectivity index (χ4n) is 5.22. The molecule has 5 atom stereocenters. The number of nitro groups is 1. The van der Waals surface area contributed by atoms with E-state index in [2.05, 4.69) is 21.2 Å². The van der Waals surface area contributed by atoms with Gasteiger partial charge in [0, 0.05) is 21.7 Å². The molecular formula is C25H20BrClN2O4S. The highest BCUT2D eigenvalue weighted by molar-refractivity contribution is 9.10. The lowest BCUT2D eigenvalue weighted by Gasteiger charge is -2.39. The Morgan fingerprint density at radius 2 is 1.91 bits per heavy atom. The van der Waals surface area contributed by atoms with Crippen LogP contribution < -0.4 is 5.32 Å². The second-order valence-corrected chi connectivity index (χ2v) is 11.2. The van der Waals surface area contributed by atoms with E-state index in [4.69, 9.17) is 11.6 Å². The van der Waals surface area contributed by atoms with Crippen LogP contribution in [0.1, 0.15) is 39.9 Å². The molecule has 2 N–H and O–H groups in total. The van der Waals surface area contributed by atoms with Crippen molar-refractivity contribution in [1.82, 2.24) is 0 Å². The van der Waals surface area contributed by atoms with Gasteiger partial charge in [-0.1, -0.05) is 52.3 Å². The van der Waals surface area contributed by atoms with Crippen LogP contribution in [0, 0.1) is 16.0 Å². The zero-order chi connectivity index (χ0) is 24.0. The van der Waals surface area contributed by atoms with Crippen LogP contribution in [-0.4, -0.2) is 26.6 Å². The van der Waals surface area contributed by atoms with Crippen molar-refractivity contribution < 1.29 is 14.8 Å². The van der Waals surface area contributed by atoms with Crippen LogP contribution in [0.5, 0.6) is 0 Å². The Morgan fingerprint density at radius 3 is 2.65 bits per heavy atom. The van der Waals surface area contributed by atoms with Gasteiger partial charge in [-0.3, -0.25) is 10.1 Å². The fraction of sp³-hybridized carbons (Fsp3) is 0.240. The maximum absolute atomic E-state index is 12.0. The third-order valence-electron chi connectivity index (χ3n) is 6.63. The molecule has 34 heavy (non-hydrogen) atoms. The Labute approximate surface area is 214 Å². The number of aromatic carboxylic acids is 1. The summed E-state index contributed by atoms with van der Waals surface area (Å²) in [5.74, 6) is -0.999. The minimum absolute atomic E-state index is 0.0708. The standard InChI is InChI=1S/C25H20BrClN2O4S/c26-14-6-3-5-13(11-14)23-17-12-20(34-19-10-2-1-9-18(19)29(32)33)22(27)21(17)15-7-4-8-16(25(30)31)24(15)28-23/h1-11,17,20-23,28H,12H2,(H,30,31)/t17-,20+,21-,22-,23-/m1/s1. The van der Waals surface area contributed by atoms with E-state index in [0.29, 0.717) is 10.6 Å². The number of nitrogens with zero attached hydrogens (tertiary/aromatic N) is 1. The molecule has 1 fully saturated rings. The third kappa shape index (κ3) is 4.08. The van der Waals surface area contributed by atoms with Crippen molar-refractivity contribution in [3.05, 3.63) is 98.0 Å². The molecule has 0 bridgehead atoms. The SMILES string of the molecule is O=C(O)c1cccc2c1N[C@H](c1cccc(Br)c1)[C@@H]1C[C@H](Sc3ccccc3[N+](=O)[O-])[C@@H](Cl)[C@H]21. The zero-order valence-corrected chi connectivity index (χ0v) is 20.9.